The SMILES string of the molecule is C[C@@H](NCC(O)COCc1ccccc1F)C1CCCC1. The molecule has 21 heavy (non-hydrogen) atoms. The number of aliphatic hydroxyl groups is 1. The average Bonchev–Trinajstić information content (AvgIpc) is 3.01. The van der Waals surface area contributed by atoms with Gasteiger partial charge in [-0.3, -0.25) is 0 Å². The van der Waals surface area contributed by atoms with Crippen LogP contribution in [0, 0.1) is 11.7 Å². The van der Waals surface area contributed by atoms with E-state index in [-0.39, 0.29) is 19.0 Å². The Bertz CT molecular complexity index is 421. The number of benzene rings is 1. The average molecular weight is 295 g/mol. The molecule has 1 unspecified atom stereocenters. The van der Waals surface area contributed by atoms with E-state index < -0.39 is 6.10 Å². The quantitative estimate of drug-likeness (QED) is 0.775. The molecular weight excluding hydrogens is 269 g/mol. The molecule has 1 aliphatic rings. The molecule has 4 heteroatoms. The van der Waals surface area contributed by atoms with Crippen molar-refractivity contribution in [3.63, 3.8) is 0 Å². The molecule has 0 aromatic heterocycles. The molecule has 0 spiro atoms. The molecular formula is C17H26FNO2. The van der Waals surface area contributed by atoms with Crippen molar-refractivity contribution in [1.29, 1.82) is 0 Å². The Morgan fingerprint density at radius 1 is 1.33 bits per heavy atom. The van der Waals surface area contributed by atoms with Gasteiger partial charge in [-0.2, -0.15) is 0 Å². The van der Waals surface area contributed by atoms with E-state index in [1.807, 2.05) is 0 Å². The van der Waals surface area contributed by atoms with Crippen LogP contribution in [0.5, 0.6) is 0 Å². The Balaban J connectivity index is 1.61. The summed E-state index contributed by atoms with van der Waals surface area (Å²) in [7, 11) is 0. The van der Waals surface area contributed by atoms with Crippen molar-refractivity contribution in [3.05, 3.63) is 35.6 Å². The second-order valence-electron chi connectivity index (χ2n) is 6.00. The molecule has 0 saturated heterocycles. The van der Waals surface area contributed by atoms with E-state index in [9.17, 15) is 9.50 Å². The van der Waals surface area contributed by atoms with E-state index in [0.29, 0.717) is 18.2 Å². The Hall–Kier alpha value is -0.970. The van der Waals surface area contributed by atoms with Crippen molar-refractivity contribution in [2.24, 2.45) is 5.92 Å². The van der Waals surface area contributed by atoms with Crippen LogP contribution >= 0.6 is 0 Å². The first-order valence-electron chi connectivity index (χ1n) is 7.89. The van der Waals surface area contributed by atoms with Crippen LogP contribution in [0.15, 0.2) is 24.3 Å². The van der Waals surface area contributed by atoms with Crippen LogP contribution in [0.4, 0.5) is 4.39 Å². The molecule has 1 aromatic rings. The van der Waals surface area contributed by atoms with Gasteiger partial charge in [0.1, 0.15) is 5.82 Å². The van der Waals surface area contributed by atoms with Gasteiger partial charge in [-0.25, -0.2) is 4.39 Å². The number of ether oxygens (including phenoxy) is 1. The van der Waals surface area contributed by atoms with E-state index in [1.165, 1.54) is 31.7 Å². The topological polar surface area (TPSA) is 41.5 Å². The number of aliphatic hydroxyl groups excluding tert-OH is 1. The van der Waals surface area contributed by atoms with Crippen LogP contribution in [0.1, 0.15) is 38.2 Å². The van der Waals surface area contributed by atoms with E-state index in [4.69, 9.17) is 4.74 Å². The summed E-state index contributed by atoms with van der Waals surface area (Å²) in [4.78, 5) is 0. The second kappa shape index (κ2) is 8.47. The summed E-state index contributed by atoms with van der Waals surface area (Å²) in [5.74, 6) is 0.469. The molecule has 0 aliphatic heterocycles. The maximum absolute atomic E-state index is 13.4. The molecule has 1 aliphatic carbocycles. The van der Waals surface area contributed by atoms with Crippen molar-refractivity contribution < 1.29 is 14.2 Å². The zero-order chi connectivity index (χ0) is 15.1. The minimum atomic E-state index is -0.555. The maximum Gasteiger partial charge on any atom is 0.128 e. The van der Waals surface area contributed by atoms with Crippen molar-refractivity contribution in [2.75, 3.05) is 13.2 Å². The van der Waals surface area contributed by atoms with Crippen LogP contribution < -0.4 is 5.32 Å². The third kappa shape index (κ3) is 5.38. The van der Waals surface area contributed by atoms with Crippen LogP contribution in [-0.4, -0.2) is 30.4 Å². The highest BCUT2D eigenvalue weighted by Gasteiger charge is 2.21. The summed E-state index contributed by atoms with van der Waals surface area (Å²) in [5, 5.41) is 13.3. The van der Waals surface area contributed by atoms with Crippen LogP contribution in [0.2, 0.25) is 0 Å². The summed E-state index contributed by atoms with van der Waals surface area (Å²) < 4.78 is 18.8. The van der Waals surface area contributed by atoms with Crippen molar-refractivity contribution >= 4 is 0 Å². The summed E-state index contributed by atoms with van der Waals surface area (Å²) in [6.45, 7) is 3.12. The van der Waals surface area contributed by atoms with E-state index in [1.54, 1.807) is 18.2 Å². The lowest BCUT2D eigenvalue weighted by Gasteiger charge is -2.22. The van der Waals surface area contributed by atoms with Gasteiger partial charge in [0.15, 0.2) is 0 Å². The van der Waals surface area contributed by atoms with Gasteiger partial charge in [0, 0.05) is 18.2 Å². The lowest BCUT2D eigenvalue weighted by Crippen LogP contribution is -2.39. The van der Waals surface area contributed by atoms with Crippen molar-refractivity contribution in [3.8, 4) is 0 Å². The molecule has 3 nitrogen and oxygen atoms in total. The predicted molar refractivity (Wildman–Crippen MR) is 81.5 cm³/mol. The van der Waals surface area contributed by atoms with Gasteiger partial charge in [0.05, 0.1) is 19.3 Å². The van der Waals surface area contributed by atoms with Crippen LogP contribution in [0.3, 0.4) is 0 Å². The first kappa shape index (κ1) is 16.4. The number of halogens is 1. The third-order valence-corrected chi connectivity index (χ3v) is 4.31. The zero-order valence-electron chi connectivity index (χ0n) is 12.7. The normalized spacial score (nSPS) is 18.8. The van der Waals surface area contributed by atoms with E-state index >= 15 is 0 Å². The summed E-state index contributed by atoms with van der Waals surface area (Å²) in [6, 6.07) is 6.99. The zero-order valence-corrected chi connectivity index (χ0v) is 12.7. The van der Waals surface area contributed by atoms with Gasteiger partial charge in [-0.15, -0.1) is 0 Å². The molecule has 118 valence electrons. The fourth-order valence-corrected chi connectivity index (χ4v) is 2.93. The predicted octanol–water partition coefficient (Wildman–Crippen LogP) is 2.87. The number of nitrogens with one attached hydrogen (secondary N) is 1. The van der Waals surface area contributed by atoms with Gasteiger partial charge in [-0.05, 0) is 31.7 Å². The monoisotopic (exact) mass is 295 g/mol. The van der Waals surface area contributed by atoms with Gasteiger partial charge in [0.2, 0.25) is 0 Å². The Morgan fingerprint density at radius 3 is 2.76 bits per heavy atom. The highest BCUT2D eigenvalue weighted by atomic mass is 19.1. The van der Waals surface area contributed by atoms with Crippen molar-refractivity contribution in [1.82, 2.24) is 5.32 Å². The molecule has 2 rings (SSSR count). The lowest BCUT2D eigenvalue weighted by atomic mass is 10.00. The minimum absolute atomic E-state index is 0.196. The van der Waals surface area contributed by atoms with Crippen molar-refractivity contribution in [2.45, 2.75) is 51.4 Å². The van der Waals surface area contributed by atoms with Crippen LogP contribution in [0.25, 0.3) is 0 Å². The fourth-order valence-electron chi connectivity index (χ4n) is 2.93. The molecule has 2 N–H and O–H groups in total. The van der Waals surface area contributed by atoms with Gasteiger partial charge >= 0.3 is 0 Å². The highest BCUT2D eigenvalue weighted by Crippen LogP contribution is 2.27. The maximum atomic E-state index is 13.4. The highest BCUT2D eigenvalue weighted by molar-refractivity contribution is 5.16. The van der Waals surface area contributed by atoms with Gasteiger partial charge in [-0.1, -0.05) is 31.0 Å². The van der Waals surface area contributed by atoms with Crippen LogP contribution in [-0.2, 0) is 11.3 Å². The second-order valence-corrected chi connectivity index (χ2v) is 6.00. The Kier molecular flexibility index (Phi) is 6.61. The number of hydrogen-bond donors (Lipinski definition) is 2. The van der Waals surface area contributed by atoms with E-state index in [0.717, 1.165) is 5.92 Å². The lowest BCUT2D eigenvalue weighted by molar-refractivity contribution is 0.0260. The first-order valence-corrected chi connectivity index (χ1v) is 7.89. The third-order valence-electron chi connectivity index (χ3n) is 4.31. The molecule has 0 amide bonds. The summed E-state index contributed by atoms with van der Waals surface area (Å²) in [5.41, 5.74) is 0.525. The molecule has 1 saturated carbocycles. The Morgan fingerprint density at radius 2 is 2.05 bits per heavy atom. The van der Waals surface area contributed by atoms with Gasteiger partial charge < -0.3 is 15.2 Å². The number of hydrogen-bond acceptors (Lipinski definition) is 3. The van der Waals surface area contributed by atoms with Gasteiger partial charge in [0.25, 0.3) is 0 Å². The standard InChI is InChI=1S/C17H26FNO2/c1-13(14-6-2-3-7-14)19-10-16(20)12-21-11-15-8-4-5-9-17(15)18/h4-5,8-9,13-14,16,19-20H,2-3,6-7,10-12H2,1H3/t13-,16?/m1/s1. The molecule has 1 aromatic carbocycles. The fraction of sp³-hybridized carbons (Fsp3) is 0.647. The molecule has 0 radical (unpaired) electrons. The number of rotatable bonds is 8. The minimum Gasteiger partial charge on any atom is -0.389 e. The van der Waals surface area contributed by atoms with E-state index in [2.05, 4.69) is 12.2 Å². The largest absolute Gasteiger partial charge is 0.389 e. The molecule has 0 heterocycles. The Labute approximate surface area is 126 Å². The summed E-state index contributed by atoms with van der Waals surface area (Å²) >= 11 is 0. The first-order chi connectivity index (χ1) is 10.2. The smallest absolute Gasteiger partial charge is 0.128 e. The molecule has 0 bridgehead atoms. The molecule has 2 atom stereocenters. The molecule has 1 fully saturated rings. The summed E-state index contributed by atoms with van der Waals surface area (Å²) in [6.07, 6.45) is 4.67.